The van der Waals surface area contributed by atoms with Crippen LogP contribution in [0.4, 0.5) is 0 Å². The lowest BCUT2D eigenvalue weighted by atomic mass is 10.1. The minimum Gasteiger partial charge on any atom is -0.377 e. The number of H-pyrrole nitrogens is 1. The van der Waals surface area contributed by atoms with Crippen molar-refractivity contribution >= 4 is 22.7 Å². The summed E-state index contributed by atoms with van der Waals surface area (Å²) < 4.78 is 5.72. The van der Waals surface area contributed by atoms with Crippen LogP contribution in [0.15, 0.2) is 83.0 Å². The molecule has 170 valence electrons. The van der Waals surface area contributed by atoms with E-state index in [1.165, 1.54) is 5.56 Å². The number of nitrogens with one attached hydrogen (secondary N) is 1. The minimum absolute atomic E-state index is 0.0729. The summed E-state index contributed by atoms with van der Waals surface area (Å²) in [5.74, 6) is 0.946. The summed E-state index contributed by atoms with van der Waals surface area (Å²) >= 11 is 1.61. The average molecular weight is 460 g/mol. The maximum absolute atomic E-state index is 12.5. The number of aromatic nitrogens is 3. The molecule has 0 aliphatic rings. The van der Waals surface area contributed by atoms with Crippen molar-refractivity contribution in [3.05, 3.63) is 100 Å². The largest absolute Gasteiger partial charge is 0.377 e. The molecule has 2 aromatic carbocycles. The van der Waals surface area contributed by atoms with Crippen molar-refractivity contribution in [1.29, 1.82) is 0 Å². The van der Waals surface area contributed by atoms with E-state index in [1.54, 1.807) is 18.0 Å². The van der Waals surface area contributed by atoms with E-state index in [1.807, 2.05) is 48.7 Å². The van der Waals surface area contributed by atoms with Crippen molar-refractivity contribution < 1.29 is 4.74 Å². The third-order valence-corrected chi connectivity index (χ3v) is 6.40. The van der Waals surface area contributed by atoms with Crippen LogP contribution >= 0.6 is 11.8 Å². The van der Waals surface area contributed by atoms with Crippen LogP contribution in [0.3, 0.4) is 0 Å². The molecule has 4 aromatic rings. The number of unbranched alkanes of at least 4 members (excludes halogenated alkanes) is 3. The number of ether oxygens (including phenoxy) is 1. The number of rotatable bonds is 12. The van der Waals surface area contributed by atoms with Gasteiger partial charge >= 0.3 is 0 Å². The number of hydrogen-bond donors (Lipinski definition) is 1. The Hall–Kier alpha value is -2.96. The summed E-state index contributed by atoms with van der Waals surface area (Å²) in [6.07, 6.45) is 8.52. The second kappa shape index (κ2) is 12.3. The Bertz CT molecular complexity index is 1210. The second-order valence-corrected chi connectivity index (χ2v) is 9.14. The van der Waals surface area contributed by atoms with Gasteiger partial charge in [0.05, 0.1) is 12.1 Å². The number of nitrogens with zero attached hydrogens (tertiary/aromatic N) is 2. The first-order valence-electron chi connectivity index (χ1n) is 11.4. The number of benzene rings is 2. The van der Waals surface area contributed by atoms with Crippen molar-refractivity contribution in [2.24, 2.45) is 0 Å². The smallest absolute Gasteiger partial charge is 0.255 e. The molecule has 0 saturated carbocycles. The molecule has 0 amide bonds. The van der Waals surface area contributed by atoms with Gasteiger partial charge in [-0.2, -0.15) is 0 Å². The number of para-hydroxylation sites is 1. The molecule has 0 radical (unpaired) electrons. The van der Waals surface area contributed by atoms with Gasteiger partial charge in [0.15, 0.2) is 5.16 Å². The normalized spacial score (nSPS) is 11.2. The van der Waals surface area contributed by atoms with Crippen LogP contribution in [-0.4, -0.2) is 27.3 Å². The molecule has 0 unspecified atom stereocenters. The molecule has 0 bridgehead atoms. The lowest BCUT2D eigenvalue weighted by Crippen LogP contribution is -2.15. The minimum atomic E-state index is -0.0729. The summed E-state index contributed by atoms with van der Waals surface area (Å²) in [4.78, 5) is 24.4. The zero-order valence-electron chi connectivity index (χ0n) is 18.7. The van der Waals surface area contributed by atoms with E-state index in [0.717, 1.165) is 54.5 Å². The molecule has 0 spiro atoms. The highest BCUT2D eigenvalue weighted by Crippen LogP contribution is 2.17. The van der Waals surface area contributed by atoms with Crippen LogP contribution in [0.5, 0.6) is 0 Å². The predicted octanol–water partition coefficient (Wildman–Crippen LogP) is 5.78. The third-order valence-electron chi connectivity index (χ3n) is 5.42. The van der Waals surface area contributed by atoms with Gasteiger partial charge in [0.2, 0.25) is 0 Å². The first kappa shape index (κ1) is 23.2. The van der Waals surface area contributed by atoms with Crippen molar-refractivity contribution in [2.75, 3.05) is 12.4 Å². The highest BCUT2D eigenvalue weighted by molar-refractivity contribution is 7.99. The Kier molecular flexibility index (Phi) is 8.67. The Morgan fingerprint density at radius 3 is 2.55 bits per heavy atom. The first-order chi connectivity index (χ1) is 16.3. The zero-order valence-corrected chi connectivity index (χ0v) is 19.5. The number of fused-ring (bicyclic) bond motifs is 1. The Labute approximate surface area is 198 Å². The van der Waals surface area contributed by atoms with E-state index >= 15 is 0 Å². The fourth-order valence-corrected chi connectivity index (χ4v) is 4.46. The highest BCUT2D eigenvalue weighted by Gasteiger charge is 2.06. The maximum atomic E-state index is 12.5. The molecular weight excluding hydrogens is 430 g/mol. The van der Waals surface area contributed by atoms with E-state index < -0.39 is 0 Å². The van der Waals surface area contributed by atoms with Crippen LogP contribution < -0.4 is 5.56 Å². The van der Waals surface area contributed by atoms with Crippen molar-refractivity contribution in [1.82, 2.24) is 15.0 Å². The predicted molar refractivity (Wildman–Crippen MR) is 135 cm³/mol. The molecule has 0 aliphatic carbocycles. The molecule has 5 nitrogen and oxygen atoms in total. The van der Waals surface area contributed by atoms with Crippen LogP contribution in [-0.2, 0) is 17.8 Å². The first-order valence-corrected chi connectivity index (χ1v) is 12.4. The Morgan fingerprint density at radius 1 is 0.848 bits per heavy atom. The molecule has 0 fully saturated rings. The standard InChI is InChI=1S/C27H29N3O2S/c31-26-24(17-22-16-23-12-6-7-13-25(23)28-18-22)19-29-27(30-26)33-15-9-2-1-8-14-32-20-21-10-4-3-5-11-21/h3-7,10-13,16,18-19H,1-2,8-9,14-15,17,20H2,(H,29,30,31). The molecule has 2 heterocycles. The molecule has 0 atom stereocenters. The molecule has 0 aliphatic heterocycles. The van der Waals surface area contributed by atoms with E-state index in [0.29, 0.717) is 23.7 Å². The lowest BCUT2D eigenvalue weighted by Gasteiger charge is -2.06. The van der Waals surface area contributed by atoms with Crippen molar-refractivity contribution in [2.45, 2.75) is 43.9 Å². The number of hydrogen-bond acceptors (Lipinski definition) is 5. The van der Waals surface area contributed by atoms with Crippen molar-refractivity contribution in [3.8, 4) is 0 Å². The monoisotopic (exact) mass is 459 g/mol. The summed E-state index contributed by atoms with van der Waals surface area (Å²) in [7, 11) is 0. The van der Waals surface area contributed by atoms with E-state index in [-0.39, 0.29) is 5.56 Å². The lowest BCUT2D eigenvalue weighted by molar-refractivity contribution is 0.117. The van der Waals surface area contributed by atoms with Crippen LogP contribution in [0.25, 0.3) is 10.9 Å². The van der Waals surface area contributed by atoms with Crippen molar-refractivity contribution in [3.63, 3.8) is 0 Å². The number of thioether (sulfide) groups is 1. The van der Waals surface area contributed by atoms with Gasteiger partial charge in [0, 0.05) is 42.1 Å². The van der Waals surface area contributed by atoms with Crippen LogP contribution in [0.2, 0.25) is 0 Å². The van der Waals surface area contributed by atoms with E-state index in [2.05, 4.69) is 33.2 Å². The average Bonchev–Trinajstić information content (AvgIpc) is 2.85. The zero-order chi connectivity index (χ0) is 22.7. The van der Waals surface area contributed by atoms with Gasteiger partial charge in [-0.1, -0.05) is 73.1 Å². The van der Waals surface area contributed by atoms with E-state index in [4.69, 9.17) is 4.74 Å². The van der Waals surface area contributed by atoms with Gasteiger partial charge in [-0.3, -0.25) is 9.78 Å². The SMILES string of the molecule is O=c1[nH]c(SCCCCCCOCc2ccccc2)ncc1Cc1cnc2ccccc2c1. The molecule has 33 heavy (non-hydrogen) atoms. The van der Waals surface area contributed by atoms with Gasteiger partial charge in [0.25, 0.3) is 5.56 Å². The van der Waals surface area contributed by atoms with Gasteiger partial charge in [-0.05, 0) is 36.1 Å². The Balaban J connectivity index is 1.14. The number of pyridine rings is 1. The fraction of sp³-hybridized carbons (Fsp3) is 0.296. The molecule has 4 rings (SSSR count). The summed E-state index contributed by atoms with van der Waals surface area (Å²) in [5.41, 5.74) is 3.77. The van der Waals surface area contributed by atoms with Crippen LogP contribution in [0, 0.1) is 0 Å². The van der Waals surface area contributed by atoms with Gasteiger partial charge < -0.3 is 9.72 Å². The second-order valence-electron chi connectivity index (χ2n) is 8.06. The van der Waals surface area contributed by atoms with Gasteiger partial charge in [0.1, 0.15) is 0 Å². The van der Waals surface area contributed by atoms with Crippen LogP contribution in [0.1, 0.15) is 42.4 Å². The Morgan fingerprint density at radius 2 is 1.67 bits per heavy atom. The number of aromatic amines is 1. The third kappa shape index (κ3) is 7.27. The topological polar surface area (TPSA) is 67.9 Å². The van der Waals surface area contributed by atoms with Gasteiger partial charge in [-0.15, -0.1) is 0 Å². The van der Waals surface area contributed by atoms with Gasteiger partial charge in [-0.25, -0.2) is 4.98 Å². The highest BCUT2D eigenvalue weighted by atomic mass is 32.2. The fourth-order valence-electron chi connectivity index (χ4n) is 3.63. The summed E-state index contributed by atoms with van der Waals surface area (Å²) in [5, 5.41) is 1.76. The summed E-state index contributed by atoms with van der Waals surface area (Å²) in [6, 6.07) is 20.3. The molecule has 1 N–H and O–H groups in total. The quantitative estimate of drug-likeness (QED) is 0.165. The van der Waals surface area contributed by atoms with E-state index in [9.17, 15) is 4.79 Å². The molecule has 6 heteroatoms. The molecule has 0 saturated heterocycles. The molecular formula is C27H29N3O2S. The summed E-state index contributed by atoms with van der Waals surface area (Å²) in [6.45, 7) is 1.48. The maximum Gasteiger partial charge on any atom is 0.255 e. The molecule has 2 aromatic heterocycles.